The van der Waals surface area contributed by atoms with Gasteiger partial charge in [0.1, 0.15) is 12.0 Å². The van der Waals surface area contributed by atoms with Gasteiger partial charge in [0.15, 0.2) is 0 Å². The fourth-order valence-corrected chi connectivity index (χ4v) is 3.56. The average Bonchev–Trinajstić information content (AvgIpc) is 3.41. The minimum atomic E-state index is -0.282. The maximum Gasteiger partial charge on any atom is 0.241 e. The Morgan fingerprint density at radius 1 is 1.34 bits per heavy atom. The molecule has 8 nitrogen and oxygen atoms in total. The summed E-state index contributed by atoms with van der Waals surface area (Å²) in [6.07, 6.45) is 6.53. The molecular formula is C21H22N4O4. The molecule has 0 saturated carbocycles. The number of anilines is 1. The Bertz CT molecular complexity index is 1040. The number of hydrogen-bond acceptors (Lipinski definition) is 6. The summed E-state index contributed by atoms with van der Waals surface area (Å²) in [6.45, 7) is 1.16. The van der Waals surface area contributed by atoms with E-state index >= 15 is 0 Å². The molecule has 1 saturated heterocycles. The van der Waals surface area contributed by atoms with Crippen LogP contribution in [0, 0.1) is 0 Å². The van der Waals surface area contributed by atoms with Gasteiger partial charge in [-0.1, -0.05) is 6.07 Å². The molecule has 8 heteroatoms. The maximum absolute atomic E-state index is 12.9. The molecule has 1 atom stereocenters. The third kappa shape index (κ3) is 4.22. The third-order valence-corrected chi connectivity index (χ3v) is 4.98. The quantitative estimate of drug-likeness (QED) is 0.691. The second-order valence-electron chi connectivity index (χ2n) is 6.90. The first kappa shape index (κ1) is 18.9. The number of carbonyl (C=O) groups is 1. The van der Waals surface area contributed by atoms with Gasteiger partial charge in [-0.3, -0.25) is 14.5 Å². The number of rotatable bonds is 6. The van der Waals surface area contributed by atoms with Crippen molar-refractivity contribution >= 4 is 11.6 Å². The lowest BCUT2D eigenvalue weighted by molar-refractivity contribution is -0.120. The van der Waals surface area contributed by atoms with Gasteiger partial charge < -0.3 is 14.5 Å². The van der Waals surface area contributed by atoms with Gasteiger partial charge in [-0.2, -0.15) is 5.10 Å². The molecular weight excluding hydrogens is 372 g/mol. The topological polar surface area (TPSA) is 89.6 Å². The number of carbonyl (C=O) groups excluding carboxylic acids is 1. The van der Waals surface area contributed by atoms with Gasteiger partial charge in [0.25, 0.3) is 0 Å². The number of hydrogen-bond donors (Lipinski definition) is 1. The summed E-state index contributed by atoms with van der Waals surface area (Å²) in [5.74, 6) is 0.605. The second kappa shape index (κ2) is 8.32. The summed E-state index contributed by atoms with van der Waals surface area (Å²) in [5.41, 5.74) is 1.35. The Labute approximate surface area is 167 Å². The number of nitrogens with one attached hydrogen (secondary N) is 1. The molecule has 0 bridgehead atoms. The fourth-order valence-electron chi connectivity index (χ4n) is 3.56. The predicted octanol–water partition coefficient (Wildman–Crippen LogP) is 2.44. The Kier molecular flexibility index (Phi) is 5.44. The molecule has 0 aliphatic carbocycles. The summed E-state index contributed by atoms with van der Waals surface area (Å²) >= 11 is 0. The fraction of sp³-hybridized carbons (Fsp3) is 0.286. The van der Waals surface area contributed by atoms with E-state index in [0.29, 0.717) is 18.0 Å². The van der Waals surface area contributed by atoms with Gasteiger partial charge in [-0.05, 0) is 43.7 Å². The zero-order valence-corrected chi connectivity index (χ0v) is 16.1. The first-order chi connectivity index (χ1) is 14.1. The molecule has 3 heterocycles. The van der Waals surface area contributed by atoms with Crippen LogP contribution in [0.1, 0.15) is 18.6 Å². The molecule has 1 aromatic carbocycles. The van der Waals surface area contributed by atoms with Crippen LogP contribution in [-0.4, -0.2) is 40.3 Å². The molecule has 1 aliphatic heterocycles. The van der Waals surface area contributed by atoms with Crippen molar-refractivity contribution in [3.8, 4) is 11.4 Å². The highest BCUT2D eigenvalue weighted by Crippen LogP contribution is 2.22. The van der Waals surface area contributed by atoms with Crippen LogP contribution in [0.4, 0.5) is 5.69 Å². The van der Waals surface area contributed by atoms with E-state index in [1.807, 2.05) is 41.4 Å². The van der Waals surface area contributed by atoms with Gasteiger partial charge in [0.2, 0.25) is 17.1 Å². The van der Waals surface area contributed by atoms with Crippen LogP contribution in [0.15, 0.2) is 64.3 Å². The van der Waals surface area contributed by atoms with E-state index in [2.05, 4.69) is 10.4 Å². The van der Waals surface area contributed by atoms with Crippen molar-refractivity contribution in [1.29, 1.82) is 0 Å². The zero-order valence-electron chi connectivity index (χ0n) is 16.1. The van der Waals surface area contributed by atoms with Crippen molar-refractivity contribution in [3.05, 3.63) is 71.0 Å². The lowest BCUT2D eigenvalue weighted by atomic mass is 10.2. The number of likely N-dealkylation sites (tertiary alicyclic amines) is 1. The number of methoxy groups -OCH3 is 1. The number of amides is 1. The molecule has 0 unspecified atom stereocenters. The summed E-state index contributed by atoms with van der Waals surface area (Å²) in [6, 6.07) is 10.5. The molecule has 4 rings (SSSR count). The van der Waals surface area contributed by atoms with Crippen LogP contribution >= 0.6 is 0 Å². The number of nitrogens with zero attached hydrogens (tertiary/aromatic N) is 3. The maximum atomic E-state index is 12.9. The third-order valence-electron chi connectivity index (χ3n) is 4.98. The monoisotopic (exact) mass is 394 g/mol. The SMILES string of the molecule is COc1coc(CN2CCC[C@H]2C(=O)Nc2cccc(-n3cccn3)c2)cc1=O. The molecule has 1 amide bonds. The summed E-state index contributed by atoms with van der Waals surface area (Å²) in [7, 11) is 1.42. The van der Waals surface area contributed by atoms with E-state index in [-0.39, 0.29) is 23.1 Å². The Hall–Kier alpha value is -3.39. The number of aromatic nitrogens is 2. The number of ether oxygens (including phenoxy) is 1. The summed E-state index contributed by atoms with van der Waals surface area (Å²) in [5, 5.41) is 7.21. The van der Waals surface area contributed by atoms with Crippen molar-refractivity contribution in [2.24, 2.45) is 0 Å². The lowest BCUT2D eigenvalue weighted by Crippen LogP contribution is -2.39. The molecule has 0 radical (unpaired) electrons. The van der Waals surface area contributed by atoms with Gasteiger partial charge in [0, 0.05) is 24.1 Å². The molecule has 0 spiro atoms. The Balaban J connectivity index is 1.45. The highest BCUT2D eigenvalue weighted by atomic mass is 16.5. The standard InChI is InChI=1S/C21H22N4O4/c1-28-20-14-29-17(12-19(20)26)13-24-9-3-7-18(24)21(27)23-15-5-2-6-16(11-15)25-10-4-8-22-25/h2,4-6,8,10-12,14,18H,3,7,9,13H2,1H3,(H,23,27)/t18-/m0/s1. The Morgan fingerprint density at radius 2 is 2.24 bits per heavy atom. The number of benzene rings is 1. The van der Waals surface area contributed by atoms with Crippen molar-refractivity contribution in [1.82, 2.24) is 14.7 Å². The first-order valence-electron chi connectivity index (χ1n) is 9.45. The van der Waals surface area contributed by atoms with Gasteiger partial charge in [0.05, 0.1) is 25.4 Å². The van der Waals surface area contributed by atoms with E-state index < -0.39 is 0 Å². The molecule has 1 aliphatic rings. The van der Waals surface area contributed by atoms with Crippen LogP contribution in [-0.2, 0) is 11.3 Å². The Morgan fingerprint density at radius 3 is 3.00 bits per heavy atom. The molecule has 150 valence electrons. The van der Waals surface area contributed by atoms with Crippen molar-refractivity contribution in [2.75, 3.05) is 19.0 Å². The molecule has 1 fully saturated rings. The van der Waals surface area contributed by atoms with E-state index in [1.54, 1.807) is 10.9 Å². The predicted molar refractivity (Wildman–Crippen MR) is 107 cm³/mol. The van der Waals surface area contributed by atoms with E-state index in [9.17, 15) is 9.59 Å². The first-order valence-corrected chi connectivity index (χ1v) is 9.45. The van der Waals surface area contributed by atoms with Crippen molar-refractivity contribution in [3.63, 3.8) is 0 Å². The minimum Gasteiger partial charge on any atom is -0.490 e. The van der Waals surface area contributed by atoms with Crippen LogP contribution in [0.5, 0.6) is 5.75 Å². The zero-order chi connectivity index (χ0) is 20.2. The van der Waals surface area contributed by atoms with Gasteiger partial charge >= 0.3 is 0 Å². The van der Waals surface area contributed by atoms with Crippen molar-refractivity contribution < 1.29 is 13.9 Å². The minimum absolute atomic E-state index is 0.0732. The van der Waals surface area contributed by atoms with Crippen LogP contribution in [0.2, 0.25) is 0 Å². The largest absolute Gasteiger partial charge is 0.490 e. The van der Waals surface area contributed by atoms with Crippen LogP contribution in [0.3, 0.4) is 0 Å². The van der Waals surface area contributed by atoms with Gasteiger partial charge in [-0.15, -0.1) is 0 Å². The lowest BCUT2D eigenvalue weighted by Gasteiger charge is -2.23. The molecule has 29 heavy (non-hydrogen) atoms. The molecule has 3 aromatic rings. The highest BCUT2D eigenvalue weighted by Gasteiger charge is 2.31. The van der Waals surface area contributed by atoms with Crippen LogP contribution in [0.25, 0.3) is 5.69 Å². The normalized spacial score (nSPS) is 16.7. The summed E-state index contributed by atoms with van der Waals surface area (Å²) < 4.78 is 12.2. The van der Waals surface area contributed by atoms with Crippen molar-refractivity contribution in [2.45, 2.75) is 25.4 Å². The smallest absolute Gasteiger partial charge is 0.241 e. The average molecular weight is 394 g/mol. The second-order valence-corrected chi connectivity index (χ2v) is 6.90. The molecule has 2 aromatic heterocycles. The highest BCUT2D eigenvalue weighted by molar-refractivity contribution is 5.95. The van der Waals surface area contributed by atoms with E-state index in [4.69, 9.17) is 9.15 Å². The van der Waals surface area contributed by atoms with Crippen LogP contribution < -0.4 is 15.5 Å². The van der Waals surface area contributed by atoms with E-state index in [1.165, 1.54) is 19.4 Å². The van der Waals surface area contributed by atoms with Gasteiger partial charge in [-0.25, -0.2) is 4.68 Å². The molecule has 1 N–H and O–H groups in total. The van der Waals surface area contributed by atoms with E-state index in [0.717, 1.165) is 25.1 Å². The summed E-state index contributed by atoms with van der Waals surface area (Å²) in [4.78, 5) is 26.9.